The molecule has 0 bridgehead atoms. The summed E-state index contributed by atoms with van der Waals surface area (Å²) < 4.78 is 0.946. The molecular weight excluding hydrogens is 300 g/mol. The Kier molecular flexibility index (Phi) is 3.49. The maximum Gasteiger partial charge on any atom is 0.268 e. The number of amides is 1. The Morgan fingerprint density at radius 3 is 2.71 bits per heavy atom. The van der Waals surface area contributed by atoms with E-state index in [1.165, 1.54) is 11.3 Å². The zero-order chi connectivity index (χ0) is 12.4. The van der Waals surface area contributed by atoms with Crippen molar-refractivity contribution in [3.63, 3.8) is 0 Å². The van der Waals surface area contributed by atoms with Crippen LogP contribution in [0.1, 0.15) is 9.67 Å². The number of carbonyl (C=O) groups excluding carboxylic acids is 1. The maximum atomic E-state index is 12.1. The Balaban J connectivity index is 2.26. The minimum atomic E-state index is -0.0358. The average molecular weight is 311 g/mol. The van der Waals surface area contributed by atoms with E-state index in [0.717, 1.165) is 9.47 Å². The molecule has 2 aromatic rings. The number of hydrogen-bond donors (Lipinski definition) is 1. The first-order valence-electron chi connectivity index (χ1n) is 4.97. The van der Waals surface area contributed by atoms with E-state index in [1.54, 1.807) is 30.1 Å². The fourth-order valence-electron chi connectivity index (χ4n) is 1.45. The molecule has 17 heavy (non-hydrogen) atoms. The molecular formula is C12H11BrN2OS. The van der Waals surface area contributed by atoms with Crippen LogP contribution in [0.3, 0.4) is 0 Å². The Morgan fingerprint density at radius 1 is 1.35 bits per heavy atom. The minimum absolute atomic E-state index is 0.0358. The Hall–Kier alpha value is -1.33. The van der Waals surface area contributed by atoms with Gasteiger partial charge in [0.2, 0.25) is 0 Å². The van der Waals surface area contributed by atoms with Crippen molar-refractivity contribution < 1.29 is 4.79 Å². The summed E-state index contributed by atoms with van der Waals surface area (Å²) in [5.41, 5.74) is 7.14. The molecule has 1 aromatic heterocycles. The van der Waals surface area contributed by atoms with Crippen molar-refractivity contribution in [1.29, 1.82) is 0 Å². The molecule has 0 aliphatic carbocycles. The molecule has 5 heteroatoms. The monoisotopic (exact) mass is 310 g/mol. The molecule has 1 aromatic carbocycles. The highest BCUT2D eigenvalue weighted by Gasteiger charge is 2.15. The second-order valence-corrected chi connectivity index (χ2v) is 6.03. The molecule has 0 fully saturated rings. The molecule has 3 nitrogen and oxygen atoms in total. The number of nitrogens with zero attached hydrogens (tertiary/aromatic N) is 1. The fraction of sp³-hybridized carbons (Fsp3) is 0.0833. The molecule has 0 saturated carbocycles. The number of thiophene rings is 1. The highest BCUT2D eigenvalue weighted by atomic mass is 79.9. The molecule has 2 rings (SSSR count). The third-order valence-electron chi connectivity index (χ3n) is 2.35. The van der Waals surface area contributed by atoms with Gasteiger partial charge in [0.25, 0.3) is 5.91 Å². The van der Waals surface area contributed by atoms with Gasteiger partial charge >= 0.3 is 0 Å². The van der Waals surface area contributed by atoms with Crippen LogP contribution in [0, 0.1) is 0 Å². The van der Waals surface area contributed by atoms with Gasteiger partial charge in [0.15, 0.2) is 0 Å². The van der Waals surface area contributed by atoms with E-state index in [-0.39, 0.29) is 5.91 Å². The average Bonchev–Trinajstić information content (AvgIpc) is 2.74. The van der Waals surface area contributed by atoms with Gasteiger partial charge in [-0.1, -0.05) is 6.07 Å². The summed E-state index contributed by atoms with van der Waals surface area (Å²) in [7, 11) is 1.74. The second-order valence-electron chi connectivity index (χ2n) is 3.56. The van der Waals surface area contributed by atoms with Gasteiger partial charge in [0.1, 0.15) is 0 Å². The minimum Gasteiger partial charge on any atom is -0.399 e. The van der Waals surface area contributed by atoms with Crippen molar-refractivity contribution in [1.82, 2.24) is 0 Å². The van der Waals surface area contributed by atoms with Crippen LogP contribution in [0.4, 0.5) is 11.4 Å². The first-order chi connectivity index (χ1) is 8.08. The molecule has 0 saturated heterocycles. The lowest BCUT2D eigenvalue weighted by Gasteiger charge is -2.16. The lowest BCUT2D eigenvalue weighted by molar-refractivity contribution is 0.0997. The number of anilines is 2. The first-order valence-corrected chi connectivity index (χ1v) is 6.58. The Morgan fingerprint density at radius 2 is 2.12 bits per heavy atom. The van der Waals surface area contributed by atoms with Crippen molar-refractivity contribution in [3.05, 3.63) is 45.1 Å². The van der Waals surface area contributed by atoms with E-state index in [2.05, 4.69) is 15.9 Å². The van der Waals surface area contributed by atoms with Crippen LogP contribution in [-0.2, 0) is 0 Å². The number of carbonyl (C=O) groups is 1. The van der Waals surface area contributed by atoms with Crippen LogP contribution in [0.15, 0.2) is 40.2 Å². The number of halogens is 1. The predicted octanol–water partition coefficient (Wildman–Crippen LogP) is 3.37. The molecule has 0 aliphatic heterocycles. The van der Waals surface area contributed by atoms with E-state index in [1.807, 2.05) is 18.2 Å². The van der Waals surface area contributed by atoms with Crippen LogP contribution in [0.5, 0.6) is 0 Å². The van der Waals surface area contributed by atoms with Crippen LogP contribution in [0.2, 0.25) is 0 Å². The summed E-state index contributed by atoms with van der Waals surface area (Å²) in [6.45, 7) is 0. The molecule has 1 heterocycles. The summed E-state index contributed by atoms with van der Waals surface area (Å²) in [6.07, 6.45) is 0. The topological polar surface area (TPSA) is 46.3 Å². The van der Waals surface area contributed by atoms with Crippen LogP contribution < -0.4 is 10.6 Å². The van der Waals surface area contributed by atoms with Crippen molar-refractivity contribution >= 4 is 44.5 Å². The molecule has 0 unspecified atom stereocenters. The van der Waals surface area contributed by atoms with Gasteiger partial charge in [-0.3, -0.25) is 4.79 Å². The highest BCUT2D eigenvalue weighted by molar-refractivity contribution is 9.11. The Labute approximate surface area is 112 Å². The van der Waals surface area contributed by atoms with E-state index in [9.17, 15) is 4.79 Å². The van der Waals surface area contributed by atoms with E-state index in [4.69, 9.17) is 5.73 Å². The standard InChI is InChI=1S/C12H11BrN2OS/c1-15(9-4-2-3-8(14)7-9)12(16)10-5-6-11(13)17-10/h2-7H,14H2,1H3. The number of benzene rings is 1. The lowest BCUT2D eigenvalue weighted by atomic mass is 10.2. The van der Waals surface area contributed by atoms with Crippen molar-refractivity contribution in [3.8, 4) is 0 Å². The maximum absolute atomic E-state index is 12.1. The zero-order valence-corrected chi connectivity index (χ0v) is 11.6. The molecule has 0 atom stereocenters. The highest BCUT2D eigenvalue weighted by Crippen LogP contribution is 2.25. The van der Waals surface area contributed by atoms with Crippen LogP contribution in [0.25, 0.3) is 0 Å². The second kappa shape index (κ2) is 4.89. The van der Waals surface area contributed by atoms with Gasteiger partial charge in [-0.2, -0.15) is 0 Å². The van der Waals surface area contributed by atoms with E-state index >= 15 is 0 Å². The molecule has 2 N–H and O–H groups in total. The normalized spacial score (nSPS) is 10.2. The Bertz CT molecular complexity index is 553. The summed E-state index contributed by atoms with van der Waals surface area (Å²) in [4.78, 5) is 14.4. The van der Waals surface area contributed by atoms with Crippen LogP contribution >= 0.6 is 27.3 Å². The van der Waals surface area contributed by atoms with Crippen LogP contribution in [-0.4, -0.2) is 13.0 Å². The van der Waals surface area contributed by atoms with Gasteiger partial charge in [-0.15, -0.1) is 11.3 Å². The SMILES string of the molecule is CN(C(=O)c1ccc(Br)s1)c1cccc(N)c1. The summed E-state index contributed by atoms with van der Waals surface area (Å²) >= 11 is 4.76. The van der Waals surface area contributed by atoms with Crippen molar-refractivity contribution in [2.45, 2.75) is 0 Å². The number of nitrogen functional groups attached to an aromatic ring is 1. The van der Waals surface area contributed by atoms with Gasteiger partial charge in [0.05, 0.1) is 8.66 Å². The lowest BCUT2D eigenvalue weighted by Crippen LogP contribution is -2.25. The number of rotatable bonds is 2. The third kappa shape index (κ3) is 2.68. The van der Waals surface area contributed by atoms with Gasteiger partial charge in [-0.05, 0) is 46.3 Å². The quantitative estimate of drug-likeness (QED) is 0.864. The summed E-state index contributed by atoms with van der Waals surface area (Å²) in [5.74, 6) is -0.0358. The molecule has 0 spiro atoms. The summed E-state index contributed by atoms with van der Waals surface area (Å²) in [5, 5.41) is 0. The largest absolute Gasteiger partial charge is 0.399 e. The van der Waals surface area contributed by atoms with E-state index < -0.39 is 0 Å². The molecule has 0 radical (unpaired) electrons. The van der Waals surface area contributed by atoms with Gasteiger partial charge < -0.3 is 10.6 Å². The van der Waals surface area contributed by atoms with E-state index in [0.29, 0.717) is 10.6 Å². The van der Waals surface area contributed by atoms with Gasteiger partial charge in [0, 0.05) is 18.4 Å². The van der Waals surface area contributed by atoms with Gasteiger partial charge in [-0.25, -0.2) is 0 Å². The molecule has 88 valence electrons. The fourth-order valence-corrected chi connectivity index (χ4v) is 2.81. The smallest absolute Gasteiger partial charge is 0.268 e. The van der Waals surface area contributed by atoms with Crippen molar-refractivity contribution in [2.24, 2.45) is 0 Å². The predicted molar refractivity (Wildman–Crippen MR) is 75.6 cm³/mol. The summed E-state index contributed by atoms with van der Waals surface area (Å²) in [6, 6.07) is 10.9. The third-order valence-corrected chi connectivity index (χ3v) is 3.96. The molecule has 1 amide bonds. The molecule has 0 aliphatic rings. The van der Waals surface area contributed by atoms with Crippen molar-refractivity contribution in [2.75, 3.05) is 17.7 Å². The zero-order valence-electron chi connectivity index (χ0n) is 9.18. The number of nitrogens with two attached hydrogens (primary N) is 1. The number of hydrogen-bond acceptors (Lipinski definition) is 3. The first kappa shape index (κ1) is 12.1.